The predicted molar refractivity (Wildman–Crippen MR) is 102 cm³/mol. The molecule has 3 aromatic rings. The predicted octanol–water partition coefficient (Wildman–Crippen LogP) is 4.11. The summed E-state index contributed by atoms with van der Waals surface area (Å²) in [4.78, 5) is 22.9. The molecule has 0 aliphatic heterocycles. The number of benzene rings is 2. The molecule has 31 heavy (non-hydrogen) atoms. The first kappa shape index (κ1) is 21.6. The molecular weight excluding hydrogens is 421 g/mol. The van der Waals surface area contributed by atoms with Crippen LogP contribution in [0.1, 0.15) is 16.1 Å². The second-order valence-electron chi connectivity index (χ2n) is 6.13. The second-order valence-corrected chi connectivity index (χ2v) is 6.13. The van der Waals surface area contributed by atoms with Gasteiger partial charge in [0, 0.05) is 6.20 Å². The summed E-state index contributed by atoms with van der Waals surface area (Å²) < 4.78 is 49.7. The summed E-state index contributed by atoms with van der Waals surface area (Å²) in [6, 6.07) is 9.60. The van der Waals surface area contributed by atoms with Gasteiger partial charge in [-0.25, -0.2) is 4.68 Å². The molecule has 0 atom stereocenters. The number of carbonyl (C=O) groups is 1. The lowest BCUT2D eigenvalue weighted by atomic mass is 10.2. The third kappa shape index (κ3) is 5.29. The van der Waals surface area contributed by atoms with Crippen LogP contribution in [0, 0.1) is 10.1 Å². The van der Waals surface area contributed by atoms with Gasteiger partial charge < -0.3 is 14.8 Å². The number of rotatable bonds is 7. The minimum Gasteiger partial charge on any atom is -0.496 e. The normalized spacial score (nSPS) is 11.1. The molecule has 9 nitrogen and oxygen atoms in total. The number of ether oxygens (including phenoxy) is 2. The molecule has 0 radical (unpaired) electrons. The molecule has 0 fully saturated rings. The van der Waals surface area contributed by atoms with Crippen molar-refractivity contribution in [1.82, 2.24) is 9.78 Å². The van der Waals surface area contributed by atoms with E-state index in [2.05, 4.69) is 10.4 Å². The Morgan fingerprint density at radius 3 is 2.65 bits per heavy atom. The van der Waals surface area contributed by atoms with Crippen LogP contribution in [-0.4, -0.2) is 27.7 Å². The minimum atomic E-state index is -4.50. The van der Waals surface area contributed by atoms with E-state index >= 15 is 0 Å². The molecule has 0 aliphatic carbocycles. The zero-order valence-electron chi connectivity index (χ0n) is 15.9. The number of halogens is 3. The zero-order chi connectivity index (χ0) is 22.6. The van der Waals surface area contributed by atoms with Crippen LogP contribution >= 0.6 is 0 Å². The third-order valence-electron chi connectivity index (χ3n) is 4.05. The summed E-state index contributed by atoms with van der Waals surface area (Å²) in [5, 5.41) is 17.6. The van der Waals surface area contributed by atoms with Crippen LogP contribution in [-0.2, 0) is 12.9 Å². The standard InChI is InChI=1S/C19H15F3N4O5/c1-30-13-5-6-15(17(10-13)26(28)29)23-18(27)16-7-8-25(24-16)11-31-14-4-2-3-12(9-14)19(20,21)22/h2-10H,11H2,1H3,(H,23,27). The van der Waals surface area contributed by atoms with E-state index in [1.165, 1.54) is 48.3 Å². The fraction of sp³-hybridized carbons (Fsp3) is 0.158. The minimum absolute atomic E-state index is 0.0230. The maximum absolute atomic E-state index is 12.8. The Morgan fingerprint density at radius 1 is 1.19 bits per heavy atom. The van der Waals surface area contributed by atoms with Crippen molar-refractivity contribution in [1.29, 1.82) is 0 Å². The van der Waals surface area contributed by atoms with E-state index in [9.17, 15) is 28.1 Å². The molecule has 0 spiro atoms. The van der Waals surface area contributed by atoms with Gasteiger partial charge in [-0.1, -0.05) is 6.07 Å². The largest absolute Gasteiger partial charge is 0.496 e. The van der Waals surface area contributed by atoms with Gasteiger partial charge in [-0.05, 0) is 36.4 Å². The lowest BCUT2D eigenvalue weighted by Crippen LogP contribution is -2.15. The summed E-state index contributed by atoms with van der Waals surface area (Å²) in [6.45, 7) is -0.253. The Kier molecular flexibility index (Phi) is 6.09. The number of hydrogen-bond acceptors (Lipinski definition) is 6. The van der Waals surface area contributed by atoms with Crippen molar-refractivity contribution in [2.45, 2.75) is 12.9 Å². The Morgan fingerprint density at radius 2 is 1.97 bits per heavy atom. The molecule has 0 aliphatic rings. The molecule has 1 heterocycles. The van der Waals surface area contributed by atoms with Crippen molar-refractivity contribution in [3.8, 4) is 11.5 Å². The molecule has 162 valence electrons. The number of nitrogens with one attached hydrogen (secondary N) is 1. The van der Waals surface area contributed by atoms with Gasteiger partial charge in [0.15, 0.2) is 12.4 Å². The number of amides is 1. The van der Waals surface area contributed by atoms with Crippen molar-refractivity contribution >= 4 is 17.3 Å². The highest BCUT2D eigenvalue weighted by molar-refractivity contribution is 6.04. The monoisotopic (exact) mass is 436 g/mol. The van der Waals surface area contributed by atoms with Crippen LogP contribution in [0.15, 0.2) is 54.7 Å². The summed E-state index contributed by atoms with van der Waals surface area (Å²) in [7, 11) is 1.35. The van der Waals surface area contributed by atoms with Crippen LogP contribution < -0.4 is 14.8 Å². The fourth-order valence-electron chi connectivity index (χ4n) is 2.54. The van der Waals surface area contributed by atoms with E-state index in [0.29, 0.717) is 0 Å². The smallest absolute Gasteiger partial charge is 0.416 e. The molecule has 1 aromatic heterocycles. The average Bonchev–Trinajstić information content (AvgIpc) is 3.21. The first-order chi connectivity index (χ1) is 14.7. The van der Waals surface area contributed by atoms with Crippen LogP contribution in [0.2, 0.25) is 0 Å². The Balaban J connectivity index is 1.67. The molecule has 2 aromatic carbocycles. The number of anilines is 1. The second kappa shape index (κ2) is 8.73. The van der Waals surface area contributed by atoms with Gasteiger partial charge in [0.05, 0.1) is 23.7 Å². The van der Waals surface area contributed by atoms with Gasteiger partial charge in [-0.2, -0.15) is 18.3 Å². The summed E-state index contributed by atoms with van der Waals surface area (Å²) >= 11 is 0. The lowest BCUT2D eigenvalue weighted by molar-refractivity contribution is -0.384. The van der Waals surface area contributed by atoms with Crippen LogP contribution in [0.3, 0.4) is 0 Å². The summed E-state index contributed by atoms with van der Waals surface area (Å²) in [5.74, 6) is -0.489. The molecular formula is C19H15F3N4O5. The fourth-order valence-corrected chi connectivity index (χ4v) is 2.54. The number of nitro benzene ring substituents is 1. The number of aromatic nitrogens is 2. The van der Waals surface area contributed by atoms with Crippen LogP contribution in [0.4, 0.5) is 24.5 Å². The molecule has 3 rings (SSSR count). The van der Waals surface area contributed by atoms with Gasteiger partial charge >= 0.3 is 6.18 Å². The topological polar surface area (TPSA) is 109 Å². The van der Waals surface area contributed by atoms with Gasteiger partial charge in [0.25, 0.3) is 11.6 Å². The maximum atomic E-state index is 12.8. The van der Waals surface area contributed by atoms with E-state index in [0.717, 1.165) is 18.2 Å². The summed E-state index contributed by atoms with van der Waals surface area (Å²) in [5.41, 5.74) is -1.34. The first-order valence-electron chi connectivity index (χ1n) is 8.64. The quantitative estimate of drug-likeness (QED) is 0.441. The number of nitro groups is 1. The van der Waals surface area contributed by atoms with E-state index < -0.39 is 22.6 Å². The van der Waals surface area contributed by atoms with Crippen molar-refractivity contribution in [2.75, 3.05) is 12.4 Å². The highest BCUT2D eigenvalue weighted by atomic mass is 19.4. The maximum Gasteiger partial charge on any atom is 0.416 e. The average molecular weight is 436 g/mol. The third-order valence-corrected chi connectivity index (χ3v) is 4.05. The lowest BCUT2D eigenvalue weighted by Gasteiger charge is -2.10. The Labute approximate surface area is 173 Å². The number of alkyl halides is 3. The van der Waals surface area contributed by atoms with E-state index in [4.69, 9.17) is 9.47 Å². The summed E-state index contributed by atoms with van der Waals surface area (Å²) in [6.07, 6.45) is -3.12. The van der Waals surface area contributed by atoms with Gasteiger partial charge in [0.2, 0.25) is 0 Å². The van der Waals surface area contributed by atoms with Gasteiger partial charge in [-0.3, -0.25) is 14.9 Å². The zero-order valence-corrected chi connectivity index (χ0v) is 15.9. The van der Waals surface area contributed by atoms with E-state index in [1.54, 1.807) is 0 Å². The Hall–Kier alpha value is -4.09. The molecule has 0 bridgehead atoms. The highest BCUT2D eigenvalue weighted by Crippen LogP contribution is 2.31. The molecule has 0 saturated heterocycles. The first-order valence-corrected chi connectivity index (χ1v) is 8.64. The number of methoxy groups -OCH3 is 1. The highest BCUT2D eigenvalue weighted by Gasteiger charge is 2.30. The molecule has 1 N–H and O–H groups in total. The SMILES string of the molecule is COc1ccc(NC(=O)c2ccn(COc3cccc(C(F)(F)F)c3)n2)c([N+](=O)[O-])c1. The van der Waals surface area contributed by atoms with Crippen LogP contribution in [0.25, 0.3) is 0 Å². The number of hydrogen-bond donors (Lipinski definition) is 1. The van der Waals surface area contributed by atoms with Gasteiger partial charge in [-0.15, -0.1) is 0 Å². The molecule has 0 saturated carbocycles. The number of nitrogens with zero attached hydrogens (tertiary/aromatic N) is 3. The van der Waals surface area contributed by atoms with E-state index in [-0.39, 0.29) is 35.3 Å². The van der Waals surface area contributed by atoms with Crippen molar-refractivity contribution in [3.05, 3.63) is 76.1 Å². The molecule has 1 amide bonds. The van der Waals surface area contributed by atoms with E-state index in [1.807, 2.05) is 0 Å². The number of carbonyl (C=O) groups excluding carboxylic acids is 1. The van der Waals surface area contributed by atoms with Crippen molar-refractivity contribution < 1.29 is 32.4 Å². The Bertz CT molecular complexity index is 1110. The molecule has 0 unspecified atom stereocenters. The van der Waals surface area contributed by atoms with Crippen molar-refractivity contribution in [3.63, 3.8) is 0 Å². The van der Waals surface area contributed by atoms with Gasteiger partial charge in [0.1, 0.15) is 17.2 Å². The molecule has 12 heteroatoms. The van der Waals surface area contributed by atoms with Crippen LogP contribution in [0.5, 0.6) is 11.5 Å². The van der Waals surface area contributed by atoms with Crippen molar-refractivity contribution in [2.24, 2.45) is 0 Å².